The quantitative estimate of drug-likeness (QED) is 0.858. The Morgan fingerprint density at radius 3 is 3.00 bits per heavy atom. The summed E-state index contributed by atoms with van der Waals surface area (Å²) in [5.74, 6) is 1.25. The number of carbonyl (C=O) groups is 1. The number of amides is 2. The molecule has 0 bridgehead atoms. The minimum atomic E-state index is -0.345. The van der Waals surface area contributed by atoms with Crippen molar-refractivity contribution >= 4 is 11.8 Å². The molecule has 0 spiro atoms. The minimum absolute atomic E-state index is 0.326. The van der Waals surface area contributed by atoms with Crippen molar-refractivity contribution in [2.24, 2.45) is 7.05 Å². The monoisotopic (exact) mass is 264 g/mol. The van der Waals surface area contributed by atoms with Gasteiger partial charge in [-0.05, 0) is 12.1 Å². The third kappa shape index (κ3) is 3.35. The standard InChI is InChI=1S/C12H16N4O3/c1-16-11(5-6-13-16)15-12(17)14-9(8-18-2)10-4-3-7-19-10/h3-7,9H,8H2,1-2H3,(H2,14,15,17). The molecule has 2 rings (SSSR count). The number of hydrogen-bond acceptors (Lipinski definition) is 4. The van der Waals surface area contributed by atoms with Gasteiger partial charge in [0, 0.05) is 20.2 Å². The fourth-order valence-electron chi connectivity index (χ4n) is 1.66. The molecule has 0 aliphatic rings. The molecule has 0 saturated carbocycles. The molecule has 0 radical (unpaired) electrons. The summed E-state index contributed by atoms with van der Waals surface area (Å²) in [6.45, 7) is 0.326. The lowest BCUT2D eigenvalue weighted by Crippen LogP contribution is -2.35. The van der Waals surface area contributed by atoms with Crippen LogP contribution in [0.15, 0.2) is 35.1 Å². The highest BCUT2D eigenvalue weighted by molar-refractivity contribution is 5.88. The number of urea groups is 1. The summed E-state index contributed by atoms with van der Waals surface area (Å²) in [6, 6.07) is 4.57. The van der Waals surface area contributed by atoms with Crippen molar-refractivity contribution < 1.29 is 13.9 Å². The van der Waals surface area contributed by atoms with E-state index >= 15 is 0 Å². The molecule has 2 aromatic rings. The maximum absolute atomic E-state index is 11.9. The topological polar surface area (TPSA) is 81.3 Å². The zero-order valence-electron chi connectivity index (χ0n) is 10.8. The van der Waals surface area contributed by atoms with Crippen LogP contribution in [0.25, 0.3) is 0 Å². The minimum Gasteiger partial charge on any atom is -0.467 e. The van der Waals surface area contributed by atoms with Gasteiger partial charge in [-0.2, -0.15) is 5.10 Å². The van der Waals surface area contributed by atoms with Crippen LogP contribution in [-0.2, 0) is 11.8 Å². The van der Waals surface area contributed by atoms with Gasteiger partial charge in [0.25, 0.3) is 0 Å². The second-order valence-corrected chi connectivity index (χ2v) is 3.96. The van der Waals surface area contributed by atoms with Crippen molar-refractivity contribution in [2.45, 2.75) is 6.04 Å². The number of nitrogens with one attached hydrogen (secondary N) is 2. The van der Waals surface area contributed by atoms with E-state index < -0.39 is 0 Å². The lowest BCUT2D eigenvalue weighted by Gasteiger charge is -2.16. The lowest BCUT2D eigenvalue weighted by atomic mass is 10.2. The number of aromatic nitrogens is 2. The van der Waals surface area contributed by atoms with E-state index in [4.69, 9.17) is 9.15 Å². The molecule has 102 valence electrons. The zero-order chi connectivity index (χ0) is 13.7. The fraction of sp³-hybridized carbons (Fsp3) is 0.333. The van der Waals surface area contributed by atoms with Crippen LogP contribution < -0.4 is 10.6 Å². The highest BCUT2D eigenvalue weighted by Gasteiger charge is 2.17. The highest BCUT2D eigenvalue weighted by atomic mass is 16.5. The summed E-state index contributed by atoms with van der Waals surface area (Å²) >= 11 is 0. The molecule has 2 heterocycles. The Labute approximate surface area is 110 Å². The predicted octanol–water partition coefficient (Wildman–Crippen LogP) is 1.52. The molecule has 0 aliphatic heterocycles. The molecule has 19 heavy (non-hydrogen) atoms. The number of rotatable bonds is 5. The van der Waals surface area contributed by atoms with E-state index in [1.54, 1.807) is 49.5 Å². The Morgan fingerprint density at radius 2 is 2.42 bits per heavy atom. The first-order valence-electron chi connectivity index (χ1n) is 5.78. The summed E-state index contributed by atoms with van der Waals surface area (Å²) in [7, 11) is 3.31. The van der Waals surface area contributed by atoms with Gasteiger partial charge in [-0.25, -0.2) is 4.79 Å². The van der Waals surface area contributed by atoms with Crippen LogP contribution >= 0.6 is 0 Å². The molecule has 7 heteroatoms. The van der Waals surface area contributed by atoms with Crippen molar-refractivity contribution in [3.63, 3.8) is 0 Å². The normalized spacial score (nSPS) is 12.1. The first-order valence-corrected chi connectivity index (χ1v) is 5.78. The molecule has 2 aromatic heterocycles. The number of nitrogens with zero attached hydrogens (tertiary/aromatic N) is 2. The Balaban J connectivity index is 1.97. The molecule has 0 fully saturated rings. The third-order valence-electron chi connectivity index (χ3n) is 2.59. The first-order chi connectivity index (χ1) is 9.20. The van der Waals surface area contributed by atoms with Gasteiger partial charge in [0.15, 0.2) is 0 Å². The van der Waals surface area contributed by atoms with E-state index in [1.807, 2.05) is 0 Å². The first kappa shape index (κ1) is 13.2. The molecule has 1 unspecified atom stereocenters. The van der Waals surface area contributed by atoms with Gasteiger partial charge < -0.3 is 14.5 Å². The summed E-state index contributed by atoms with van der Waals surface area (Å²) in [6.07, 6.45) is 3.16. The van der Waals surface area contributed by atoms with Crippen LogP contribution in [0.4, 0.5) is 10.6 Å². The highest BCUT2D eigenvalue weighted by Crippen LogP contribution is 2.14. The summed E-state index contributed by atoms with van der Waals surface area (Å²) in [5.41, 5.74) is 0. The number of ether oxygens (including phenoxy) is 1. The number of furan rings is 1. The zero-order valence-corrected chi connectivity index (χ0v) is 10.8. The van der Waals surface area contributed by atoms with Crippen LogP contribution in [0, 0.1) is 0 Å². The second kappa shape index (κ2) is 6.05. The number of hydrogen-bond donors (Lipinski definition) is 2. The van der Waals surface area contributed by atoms with E-state index in [-0.39, 0.29) is 12.1 Å². The smallest absolute Gasteiger partial charge is 0.321 e. The molecular formula is C12H16N4O3. The van der Waals surface area contributed by atoms with Crippen molar-refractivity contribution in [3.05, 3.63) is 36.4 Å². The van der Waals surface area contributed by atoms with Crippen molar-refractivity contribution in [1.29, 1.82) is 0 Å². The van der Waals surface area contributed by atoms with Crippen LogP contribution in [-0.4, -0.2) is 29.5 Å². The van der Waals surface area contributed by atoms with E-state index in [1.165, 1.54) is 0 Å². The molecule has 0 aliphatic carbocycles. The number of anilines is 1. The van der Waals surface area contributed by atoms with Crippen LogP contribution in [0.1, 0.15) is 11.8 Å². The SMILES string of the molecule is COCC(NC(=O)Nc1ccnn1C)c1ccco1. The van der Waals surface area contributed by atoms with Crippen molar-refractivity contribution in [1.82, 2.24) is 15.1 Å². The summed E-state index contributed by atoms with van der Waals surface area (Å²) < 4.78 is 11.9. The summed E-state index contributed by atoms with van der Waals surface area (Å²) in [5, 5.41) is 9.44. The Hall–Kier alpha value is -2.28. The number of aryl methyl sites for hydroxylation is 1. The third-order valence-corrected chi connectivity index (χ3v) is 2.59. The largest absolute Gasteiger partial charge is 0.467 e. The molecule has 2 N–H and O–H groups in total. The molecular weight excluding hydrogens is 248 g/mol. The average molecular weight is 264 g/mol. The number of carbonyl (C=O) groups excluding carboxylic acids is 1. The van der Waals surface area contributed by atoms with Gasteiger partial charge in [-0.1, -0.05) is 0 Å². The number of methoxy groups -OCH3 is 1. The van der Waals surface area contributed by atoms with Gasteiger partial charge in [-0.3, -0.25) is 10.00 Å². The second-order valence-electron chi connectivity index (χ2n) is 3.96. The maximum atomic E-state index is 11.9. The van der Waals surface area contributed by atoms with Crippen LogP contribution in [0.3, 0.4) is 0 Å². The molecule has 1 atom stereocenters. The van der Waals surface area contributed by atoms with Crippen LogP contribution in [0.2, 0.25) is 0 Å². The van der Waals surface area contributed by atoms with Gasteiger partial charge in [0.2, 0.25) is 0 Å². The Morgan fingerprint density at radius 1 is 1.58 bits per heavy atom. The van der Waals surface area contributed by atoms with E-state index in [9.17, 15) is 4.79 Å². The van der Waals surface area contributed by atoms with Crippen molar-refractivity contribution in [2.75, 3.05) is 19.0 Å². The molecule has 0 saturated heterocycles. The van der Waals surface area contributed by atoms with Gasteiger partial charge >= 0.3 is 6.03 Å². The Bertz CT molecular complexity index is 521. The van der Waals surface area contributed by atoms with E-state index in [2.05, 4.69) is 15.7 Å². The lowest BCUT2D eigenvalue weighted by molar-refractivity contribution is 0.159. The van der Waals surface area contributed by atoms with Crippen LogP contribution in [0.5, 0.6) is 0 Å². The van der Waals surface area contributed by atoms with Gasteiger partial charge in [0.05, 0.1) is 19.1 Å². The fourth-order valence-corrected chi connectivity index (χ4v) is 1.66. The maximum Gasteiger partial charge on any atom is 0.321 e. The summed E-state index contributed by atoms with van der Waals surface area (Å²) in [4.78, 5) is 11.9. The van der Waals surface area contributed by atoms with Gasteiger partial charge in [-0.15, -0.1) is 0 Å². The molecule has 7 nitrogen and oxygen atoms in total. The molecule has 2 amide bonds. The molecule has 0 aromatic carbocycles. The van der Waals surface area contributed by atoms with E-state index in [0.29, 0.717) is 18.2 Å². The average Bonchev–Trinajstić information content (AvgIpc) is 3.01. The Kier molecular flexibility index (Phi) is 4.19. The van der Waals surface area contributed by atoms with Gasteiger partial charge in [0.1, 0.15) is 17.6 Å². The predicted molar refractivity (Wildman–Crippen MR) is 68.7 cm³/mol. The van der Waals surface area contributed by atoms with Crippen molar-refractivity contribution in [3.8, 4) is 0 Å². The van der Waals surface area contributed by atoms with E-state index in [0.717, 1.165) is 0 Å².